The first-order valence-corrected chi connectivity index (χ1v) is 14.9. The minimum atomic E-state index is -5.07. The SMILES string of the molecule is C[C@H]1CN([C@@H]2CC[C@@](C(=O)N3COc4c(cc(C(F)(F)F)cc4C(F)(F)F)C3)(C3CC3)OC2)CCN1c1cccc(C(=O)O)c1. The van der Waals surface area contributed by atoms with E-state index in [2.05, 4.69) is 16.7 Å². The molecule has 4 aliphatic rings. The molecule has 2 saturated heterocycles. The number of carbonyl (C=O) groups excluding carboxylic acids is 1. The number of carboxylic acids is 1. The van der Waals surface area contributed by atoms with Gasteiger partial charge >= 0.3 is 18.3 Å². The lowest BCUT2D eigenvalue weighted by atomic mass is 9.85. The number of nitrogens with zero attached hydrogens (tertiary/aromatic N) is 3. The molecule has 3 atom stereocenters. The van der Waals surface area contributed by atoms with Crippen LogP contribution in [0.4, 0.5) is 32.0 Å². The highest BCUT2D eigenvalue weighted by atomic mass is 19.4. The van der Waals surface area contributed by atoms with Crippen molar-refractivity contribution < 1.29 is 50.5 Å². The largest absolute Gasteiger partial charge is 0.478 e. The Hall–Kier alpha value is -3.52. The summed E-state index contributed by atoms with van der Waals surface area (Å²) in [4.78, 5) is 31.0. The molecule has 244 valence electrons. The van der Waals surface area contributed by atoms with Crippen LogP contribution in [-0.4, -0.2) is 77.4 Å². The number of amides is 1. The van der Waals surface area contributed by atoms with Crippen LogP contribution in [0.1, 0.15) is 59.7 Å². The van der Waals surface area contributed by atoms with Gasteiger partial charge in [-0.2, -0.15) is 26.3 Å². The molecule has 0 aromatic heterocycles. The zero-order valence-electron chi connectivity index (χ0n) is 24.5. The Morgan fingerprint density at radius 3 is 2.36 bits per heavy atom. The number of aromatic carboxylic acids is 1. The summed E-state index contributed by atoms with van der Waals surface area (Å²) in [5, 5.41) is 9.36. The normalized spacial score (nSPS) is 26.3. The van der Waals surface area contributed by atoms with Crippen LogP contribution in [0.15, 0.2) is 36.4 Å². The first-order chi connectivity index (χ1) is 21.2. The highest BCUT2D eigenvalue weighted by Crippen LogP contribution is 2.49. The lowest BCUT2D eigenvalue weighted by Crippen LogP contribution is -2.61. The van der Waals surface area contributed by atoms with E-state index in [1.54, 1.807) is 18.2 Å². The molecule has 1 saturated carbocycles. The summed E-state index contributed by atoms with van der Waals surface area (Å²) in [5.74, 6) is -2.24. The van der Waals surface area contributed by atoms with Gasteiger partial charge in [0.2, 0.25) is 0 Å². The van der Waals surface area contributed by atoms with Gasteiger partial charge in [-0.1, -0.05) is 6.07 Å². The van der Waals surface area contributed by atoms with Crippen LogP contribution >= 0.6 is 0 Å². The van der Waals surface area contributed by atoms with Crippen LogP contribution in [0.25, 0.3) is 0 Å². The predicted molar refractivity (Wildman–Crippen MR) is 149 cm³/mol. The second-order valence-electron chi connectivity index (χ2n) is 12.3. The number of alkyl halides is 6. The molecule has 3 fully saturated rings. The zero-order valence-corrected chi connectivity index (χ0v) is 24.5. The molecule has 2 aromatic rings. The summed E-state index contributed by atoms with van der Waals surface area (Å²) in [6.45, 7) is 3.39. The minimum absolute atomic E-state index is 0.0154. The molecule has 1 amide bonds. The summed E-state index contributed by atoms with van der Waals surface area (Å²) < 4.78 is 93.1. The number of ether oxygens (including phenoxy) is 2. The summed E-state index contributed by atoms with van der Waals surface area (Å²) in [7, 11) is 0. The molecule has 1 N–H and O–H groups in total. The number of piperazine rings is 1. The molecular weight excluding hydrogens is 608 g/mol. The molecular formula is C31H33F6N3O5. The number of benzene rings is 2. The van der Waals surface area contributed by atoms with Gasteiger partial charge in [-0.15, -0.1) is 0 Å². The Morgan fingerprint density at radius 2 is 1.76 bits per heavy atom. The van der Waals surface area contributed by atoms with Gasteiger partial charge in [0.25, 0.3) is 5.91 Å². The van der Waals surface area contributed by atoms with Gasteiger partial charge in [-0.05, 0) is 68.9 Å². The topological polar surface area (TPSA) is 82.6 Å². The molecule has 3 aliphatic heterocycles. The summed E-state index contributed by atoms with van der Waals surface area (Å²) in [5.41, 5.74) is -3.49. The number of anilines is 1. The first kappa shape index (κ1) is 31.5. The molecule has 3 heterocycles. The maximum atomic E-state index is 14.0. The van der Waals surface area contributed by atoms with Crippen LogP contribution < -0.4 is 9.64 Å². The smallest absolute Gasteiger partial charge is 0.419 e. The Balaban J connectivity index is 1.14. The van der Waals surface area contributed by atoms with Crippen LogP contribution in [0.3, 0.4) is 0 Å². The van der Waals surface area contributed by atoms with Gasteiger partial charge in [-0.25, -0.2) is 4.79 Å². The first-order valence-electron chi connectivity index (χ1n) is 14.9. The fourth-order valence-electron chi connectivity index (χ4n) is 6.95. The quantitative estimate of drug-likeness (QED) is 0.424. The molecule has 8 nitrogen and oxygen atoms in total. The molecule has 0 radical (unpaired) electrons. The van der Waals surface area contributed by atoms with Gasteiger partial charge in [0.15, 0.2) is 6.73 Å². The average molecular weight is 642 g/mol. The summed E-state index contributed by atoms with van der Waals surface area (Å²) in [6.07, 6.45) is -7.60. The van der Waals surface area contributed by atoms with Gasteiger partial charge in [0, 0.05) is 43.0 Å². The molecule has 2 aromatic carbocycles. The van der Waals surface area contributed by atoms with Crippen molar-refractivity contribution in [1.29, 1.82) is 0 Å². The van der Waals surface area contributed by atoms with Gasteiger partial charge in [-0.3, -0.25) is 9.69 Å². The predicted octanol–water partition coefficient (Wildman–Crippen LogP) is 5.64. The lowest BCUT2D eigenvalue weighted by molar-refractivity contribution is -0.180. The monoisotopic (exact) mass is 641 g/mol. The van der Waals surface area contributed by atoms with Crippen molar-refractivity contribution in [1.82, 2.24) is 9.80 Å². The van der Waals surface area contributed by atoms with Crippen molar-refractivity contribution in [3.05, 3.63) is 58.7 Å². The summed E-state index contributed by atoms with van der Waals surface area (Å²) in [6, 6.07) is 7.56. The van der Waals surface area contributed by atoms with Crippen LogP contribution in [0.2, 0.25) is 0 Å². The van der Waals surface area contributed by atoms with Gasteiger partial charge < -0.3 is 24.4 Å². The van der Waals surface area contributed by atoms with Crippen molar-refractivity contribution in [3.63, 3.8) is 0 Å². The van der Waals surface area contributed by atoms with Crippen molar-refractivity contribution in [2.45, 2.75) is 69.2 Å². The molecule has 14 heteroatoms. The van der Waals surface area contributed by atoms with E-state index in [0.29, 0.717) is 38.5 Å². The Bertz CT molecular complexity index is 1470. The van der Waals surface area contributed by atoms with Crippen LogP contribution in [0, 0.1) is 5.92 Å². The molecule has 1 aliphatic carbocycles. The number of carbonyl (C=O) groups is 2. The van der Waals surface area contributed by atoms with Crippen LogP contribution in [0.5, 0.6) is 5.75 Å². The average Bonchev–Trinajstić information content (AvgIpc) is 3.85. The zero-order chi connectivity index (χ0) is 32.3. The minimum Gasteiger partial charge on any atom is -0.478 e. The standard InChI is InChI=1S/C31H33F6N3O5/c1-18-14-38(9-10-40(18)23-4-2-3-19(12-23)27(41)42)24-7-8-29(45-16-24,21-5-6-21)28(43)39-15-20-11-22(30(32,33)34)13-25(31(35,36)37)26(20)44-17-39/h2-4,11-13,18,21,24H,5-10,14-17H2,1H3,(H,41,42)/t18-,24+,29-/m0/s1. The highest BCUT2D eigenvalue weighted by molar-refractivity contribution is 5.89. The van der Waals surface area contributed by atoms with Gasteiger partial charge in [0.1, 0.15) is 11.4 Å². The van der Waals surface area contributed by atoms with Crippen LogP contribution in [-0.2, 0) is 28.4 Å². The number of hydrogen-bond acceptors (Lipinski definition) is 6. The Morgan fingerprint density at radius 1 is 1.00 bits per heavy atom. The fraction of sp³-hybridized carbons (Fsp3) is 0.548. The fourth-order valence-corrected chi connectivity index (χ4v) is 6.95. The molecule has 0 unspecified atom stereocenters. The third kappa shape index (κ3) is 6.06. The van der Waals surface area contributed by atoms with Crippen molar-refractivity contribution in [2.75, 3.05) is 37.9 Å². The van der Waals surface area contributed by atoms with E-state index in [1.165, 1.54) is 0 Å². The number of rotatable bonds is 5. The van der Waals surface area contributed by atoms with E-state index in [9.17, 15) is 41.0 Å². The molecule has 0 bridgehead atoms. The maximum absolute atomic E-state index is 14.0. The van der Waals surface area contributed by atoms with E-state index in [4.69, 9.17) is 9.47 Å². The highest BCUT2D eigenvalue weighted by Gasteiger charge is 2.56. The van der Waals surface area contributed by atoms with Gasteiger partial charge in [0.05, 0.1) is 29.8 Å². The lowest BCUT2D eigenvalue weighted by Gasteiger charge is -2.48. The molecule has 45 heavy (non-hydrogen) atoms. The van der Waals surface area contributed by atoms with Crippen molar-refractivity contribution in [2.24, 2.45) is 5.92 Å². The van der Waals surface area contributed by atoms with E-state index >= 15 is 0 Å². The molecule has 6 rings (SSSR count). The van der Waals surface area contributed by atoms with E-state index in [1.807, 2.05) is 6.07 Å². The number of hydrogen-bond donors (Lipinski definition) is 1. The third-order valence-corrected chi connectivity index (χ3v) is 9.39. The summed E-state index contributed by atoms with van der Waals surface area (Å²) >= 11 is 0. The Kier molecular flexibility index (Phi) is 7.95. The van der Waals surface area contributed by atoms with Crippen molar-refractivity contribution >= 4 is 17.6 Å². The van der Waals surface area contributed by atoms with E-state index in [-0.39, 0.29) is 41.8 Å². The second-order valence-corrected chi connectivity index (χ2v) is 12.3. The van der Waals surface area contributed by atoms with E-state index < -0.39 is 60.0 Å². The molecule has 0 spiro atoms. The maximum Gasteiger partial charge on any atom is 0.419 e. The number of carboxylic acid groups (broad SMARTS) is 1. The van der Waals surface area contributed by atoms with E-state index in [0.717, 1.165) is 23.4 Å². The number of halogens is 6. The second kappa shape index (κ2) is 11.4. The third-order valence-electron chi connectivity index (χ3n) is 9.39. The Labute approximate surface area is 255 Å². The van der Waals surface area contributed by atoms with Crippen molar-refractivity contribution in [3.8, 4) is 5.75 Å². The number of fused-ring (bicyclic) bond motifs is 1.